The molecule has 138 valence electrons. The van der Waals surface area contributed by atoms with E-state index in [1.54, 1.807) is 6.07 Å². The Labute approximate surface area is 153 Å². The maximum Gasteiger partial charge on any atom is 0.255 e. The summed E-state index contributed by atoms with van der Waals surface area (Å²) < 4.78 is 0. The van der Waals surface area contributed by atoms with Crippen LogP contribution in [0.15, 0.2) is 29.1 Å². The summed E-state index contributed by atoms with van der Waals surface area (Å²) in [6, 6.07) is 7.42. The average Bonchev–Trinajstić information content (AvgIpc) is 2.63. The van der Waals surface area contributed by atoms with Gasteiger partial charge in [-0.05, 0) is 31.2 Å². The molecular formula is C20H26N4O2. The number of benzene rings is 1. The Morgan fingerprint density at radius 1 is 1.31 bits per heavy atom. The second-order valence-electron chi connectivity index (χ2n) is 7.60. The highest BCUT2D eigenvalue weighted by Crippen LogP contribution is 2.24. The van der Waals surface area contributed by atoms with E-state index in [0.717, 1.165) is 42.9 Å². The third-order valence-corrected chi connectivity index (χ3v) is 5.48. The Morgan fingerprint density at radius 2 is 2.15 bits per heavy atom. The highest BCUT2D eigenvalue weighted by atomic mass is 16.3. The van der Waals surface area contributed by atoms with Crippen LogP contribution in [0.4, 0.5) is 5.95 Å². The lowest BCUT2D eigenvalue weighted by Gasteiger charge is -2.33. The highest BCUT2D eigenvalue weighted by molar-refractivity contribution is 5.36. The van der Waals surface area contributed by atoms with Crippen LogP contribution < -0.4 is 10.5 Å². The zero-order valence-corrected chi connectivity index (χ0v) is 15.2. The third-order valence-electron chi connectivity index (χ3n) is 5.48. The average molecular weight is 354 g/mol. The van der Waals surface area contributed by atoms with Crippen LogP contribution in [0, 0.1) is 5.92 Å². The Balaban J connectivity index is 1.56. The van der Waals surface area contributed by atoms with Crippen LogP contribution >= 0.6 is 0 Å². The van der Waals surface area contributed by atoms with E-state index in [0.29, 0.717) is 37.1 Å². The molecule has 0 saturated carbocycles. The zero-order valence-electron chi connectivity index (χ0n) is 15.2. The van der Waals surface area contributed by atoms with Crippen molar-refractivity contribution in [1.29, 1.82) is 0 Å². The number of piperidine rings is 1. The van der Waals surface area contributed by atoms with E-state index in [1.165, 1.54) is 6.42 Å². The molecule has 0 amide bonds. The second kappa shape index (κ2) is 7.11. The van der Waals surface area contributed by atoms with Crippen molar-refractivity contribution in [2.45, 2.75) is 39.3 Å². The summed E-state index contributed by atoms with van der Waals surface area (Å²) in [7, 11) is 0. The molecule has 1 fully saturated rings. The van der Waals surface area contributed by atoms with Crippen LogP contribution in [0.3, 0.4) is 0 Å². The predicted octanol–water partition coefficient (Wildman–Crippen LogP) is 2.27. The lowest BCUT2D eigenvalue weighted by Crippen LogP contribution is -2.39. The number of rotatable bonds is 3. The molecule has 1 aromatic carbocycles. The largest absolute Gasteiger partial charge is 0.508 e. The summed E-state index contributed by atoms with van der Waals surface area (Å²) in [4.78, 5) is 24.8. The van der Waals surface area contributed by atoms with Gasteiger partial charge in [-0.25, -0.2) is 4.98 Å². The van der Waals surface area contributed by atoms with Gasteiger partial charge in [0.2, 0.25) is 5.95 Å². The van der Waals surface area contributed by atoms with Gasteiger partial charge >= 0.3 is 0 Å². The maximum atomic E-state index is 12.5. The number of fused-ring (bicyclic) bond motifs is 1. The fourth-order valence-corrected chi connectivity index (χ4v) is 4.03. The smallest absolute Gasteiger partial charge is 0.255 e. The zero-order chi connectivity index (χ0) is 18.1. The van der Waals surface area contributed by atoms with E-state index < -0.39 is 0 Å². The predicted molar refractivity (Wildman–Crippen MR) is 101 cm³/mol. The van der Waals surface area contributed by atoms with Crippen molar-refractivity contribution in [1.82, 2.24) is 14.9 Å². The van der Waals surface area contributed by atoms with Gasteiger partial charge in [0.1, 0.15) is 5.75 Å². The fraction of sp³-hybridized carbons (Fsp3) is 0.500. The van der Waals surface area contributed by atoms with Crippen molar-refractivity contribution >= 4 is 5.95 Å². The molecule has 1 unspecified atom stereocenters. The summed E-state index contributed by atoms with van der Waals surface area (Å²) in [5.74, 6) is 1.66. The number of aromatic hydroxyl groups is 1. The Kier molecular flexibility index (Phi) is 4.68. The molecule has 1 saturated heterocycles. The van der Waals surface area contributed by atoms with Gasteiger partial charge in [-0.15, -0.1) is 0 Å². The molecule has 0 spiro atoms. The van der Waals surface area contributed by atoms with Gasteiger partial charge in [0, 0.05) is 43.9 Å². The first-order chi connectivity index (χ1) is 12.6. The molecule has 4 rings (SSSR count). The van der Waals surface area contributed by atoms with Crippen LogP contribution in [-0.4, -0.2) is 39.6 Å². The van der Waals surface area contributed by atoms with Crippen LogP contribution in [0.5, 0.6) is 5.75 Å². The minimum atomic E-state index is 0.00503. The lowest BCUT2D eigenvalue weighted by molar-refractivity contribution is 0.237. The molecule has 6 nitrogen and oxygen atoms in total. The summed E-state index contributed by atoms with van der Waals surface area (Å²) in [6.07, 6.45) is 3.07. The molecular weight excluding hydrogens is 328 g/mol. The maximum absolute atomic E-state index is 12.5. The summed E-state index contributed by atoms with van der Waals surface area (Å²) in [6.45, 7) is 6.25. The van der Waals surface area contributed by atoms with Crippen LogP contribution in [0.1, 0.15) is 36.6 Å². The first-order valence-corrected chi connectivity index (χ1v) is 9.46. The Bertz CT molecular complexity index is 848. The van der Waals surface area contributed by atoms with Crippen molar-refractivity contribution in [3.05, 3.63) is 51.4 Å². The van der Waals surface area contributed by atoms with Crippen LogP contribution in [0.2, 0.25) is 0 Å². The van der Waals surface area contributed by atoms with Gasteiger partial charge in [-0.2, -0.15) is 0 Å². The SMILES string of the molecule is CC1CCCN(c2nc3c(c(=O)[nH]2)CCN(Cc2ccccc2O)C3)C1. The lowest BCUT2D eigenvalue weighted by atomic mass is 10.0. The van der Waals surface area contributed by atoms with E-state index in [1.807, 2.05) is 18.2 Å². The molecule has 0 aliphatic carbocycles. The van der Waals surface area contributed by atoms with Gasteiger partial charge < -0.3 is 10.0 Å². The van der Waals surface area contributed by atoms with E-state index in [4.69, 9.17) is 4.98 Å². The number of phenolic OH excluding ortho intramolecular Hbond substituents is 1. The normalized spacial score (nSPS) is 20.8. The number of hydrogen-bond acceptors (Lipinski definition) is 5. The van der Waals surface area contributed by atoms with Crippen molar-refractivity contribution in [3.63, 3.8) is 0 Å². The first-order valence-electron chi connectivity index (χ1n) is 9.46. The quantitative estimate of drug-likeness (QED) is 0.885. The molecule has 2 aliphatic heterocycles. The second-order valence-corrected chi connectivity index (χ2v) is 7.60. The molecule has 26 heavy (non-hydrogen) atoms. The van der Waals surface area contributed by atoms with Crippen molar-refractivity contribution in [3.8, 4) is 5.75 Å². The molecule has 0 bridgehead atoms. The molecule has 2 aromatic rings. The molecule has 1 atom stereocenters. The minimum absolute atomic E-state index is 0.00503. The van der Waals surface area contributed by atoms with E-state index in [9.17, 15) is 9.90 Å². The number of para-hydroxylation sites is 1. The minimum Gasteiger partial charge on any atom is -0.508 e. The van der Waals surface area contributed by atoms with Gasteiger partial charge in [0.05, 0.1) is 5.69 Å². The molecule has 2 N–H and O–H groups in total. The number of anilines is 1. The number of nitrogens with zero attached hydrogens (tertiary/aromatic N) is 3. The van der Waals surface area contributed by atoms with E-state index in [2.05, 4.69) is 21.7 Å². The van der Waals surface area contributed by atoms with Crippen molar-refractivity contribution in [2.75, 3.05) is 24.5 Å². The van der Waals surface area contributed by atoms with E-state index >= 15 is 0 Å². The standard InChI is InChI=1S/C20H26N4O2/c1-14-5-4-9-24(11-14)20-21-17-13-23(10-8-16(17)19(26)22-20)12-15-6-2-3-7-18(15)25/h2-3,6-7,14,25H,4-5,8-13H2,1H3,(H,21,22,26). The molecule has 6 heteroatoms. The number of H-pyrrole nitrogens is 1. The third kappa shape index (κ3) is 3.46. The van der Waals surface area contributed by atoms with Gasteiger partial charge in [0.25, 0.3) is 5.56 Å². The van der Waals surface area contributed by atoms with E-state index in [-0.39, 0.29) is 5.56 Å². The summed E-state index contributed by atoms with van der Waals surface area (Å²) >= 11 is 0. The van der Waals surface area contributed by atoms with Crippen molar-refractivity contribution in [2.24, 2.45) is 5.92 Å². The summed E-state index contributed by atoms with van der Waals surface area (Å²) in [5.41, 5.74) is 2.60. The first kappa shape index (κ1) is 17.1. The Morgan fingerprint density at radius 3 is 2.96 bits per heavy atom. The van der Waals surface area contributed by atoms with Crippen LogP contribution in [0.25, 0.3) is 0 Å². The molecule has 0 radical (unpaired) electrons. The highest BCUT2D eigenvalue weighted by Gasteiger charge is 2.24. The van der Waals surface area contributed by atoms with Crippen LogP contribution in [-0.2, 0) is 19.5 Å². The number of aromatic nitrogens is 2. The van der Waals surface area contributed by atoms with Gasteiger partial charge in [0.15, 0.2) is 0 Å². The topological polar surface area (TPSA) is 72.5 Å². The molecule has 1 aromatic heterocycles. The Hall–Kier alpha value is -2.34. The molecule has 3 heterocycles. The van der Waals surface area contributed by atoms with Crippen molar-refractivity contribution < 1.29 is 5.11 Å². The number of nitrogens with one attached hydrogen (secondary N) is 1. The number of hydrogen-bond donors (Lipinski definition) is 2. The summed E-state index contributed by atoms with van der Waals surface area (Å²) in [5, 5.41) is 10.0. The molecule has 2 aliphatic rings. The monoisotopic (exact) mass is 354 g/mol. The fourth-order valence-electron chi connectivity index (χ4n) is 4.03. The number of phenols is 1. The number of aromatic amines is 1. The van der Waals surface area contributed by atoms with Gasteiger partial charge in [-0.1, -0.05) is 25.1 Å². The van der Waals surface area contributed by atoms with Gasteiger partial charge in [-0.3, -0.25) is 14.7 Å².